The van der Waals surface area contributed by atoms with Crippen LogP contribution in [0.4, 0.5) is 0 Å². The third-order valence-electron chi connectivity index (χ3n) is 4.41. The van der Waals surface area contributed by atoms with Crippen LogP contribution in [0, 0.1) is 11.8 Å². The Kier molecular flexibility index (Phi) is 6.90. The molecule has 1 aliphatic heterocycles. The van der Waals surface area contributed by atoms with E-state index in [1.165, 1.54) is 0 Å². The molecule has 1 heterocycles. The molecule has 2 rings (SSSR count). The van der Waals surface area contributed by atoms with E-state index in [9.17, 15) is 9.59 Å². The molecule has 0 saturated carbocycles. The number of piperidine rings is 1. The topological polar surface area (TPSA) is 46.6 Å². The normalized spacial score (nSPS) is 21.0. The third kappa shape index (κ3) is 4.96. The van der Waals surface area contributed by atoms with E-state index >= 15 is 0 Å². The van der Waals surface area contributed by atoms with Gasteiger partial charge in [0.1, 0.15) is 0 Å². The molecule has 0 spiro atoms. The average Bonchev–Trinajstić information content (AvgIpc) is 2.57. The molecule has 4 nitrogen and oxygen atoms in total. The third-order valence-corrected chi connectivity index (χ3v) is 4.63. The molecule has 2 atom stereocenters. The first-order valence-corrected chi connectivity index (χ1v) is 8.75. The zero-order valence-electron chi connectivity index (χ0n) is 13.5. The van der Waals surface area contributed by atoms with Gasteiger partial charge in [-0.2, -0.15) is 0 Å². The predicted octanol–water partition coefficient (Wildman–Crippen LogP) is 3.35. The SMILES string of the molecule is CCOC(=O)CC1CCN(C(=O)c2ccccc2)CC1CCCl. The molecule has 5 heteroatoms. The molecule has 23 heavy (non-hydrogen) atoms. The first-order chi connectivity index (χ1) is 11.2. The Labute approximate surface area is 142 Å². The number of hydrogen-bond donors (Lipinski definition) is 0. The van der Waals surface area contributed by atoms with Crippen LogP contribution in [0.1, 0.15) is 36.5 Å². The molecular weight excluding hydrogens is 314 g/mol. The number of carbonyl (C=O) groups is 2. The Hall–Kier alpha value is -1.55. The second kappa shape index (κ2) is 8.92. The molecule has 0 radical (unpaired) electrons. The van der Waals surface area contributed by atoms with Crippen molar-refractivity contribution < 1.29 is 14.3 Å². The van der Waals surface area contributed by atoms with Gasteiger partial charge in [-0.1, -0.05) is 18.2 Å². The number of likely N-dealkylation sites (tertiary alicyclic amines) is 1. The summed E-state index contributed by atoms with van der Waals surface area (Å²) in [4.78, 5) is 26.2. The number of alkyl halides is 1. The van der Waals surface area contributed by atoms with E-state index in [2.05, 4.69) is 0 Å². The van der Waals surface area contributed by atoms with Crippen LogP contribution in [0.15, 0.2) is 30.3 Å². The summed E-state index contributed by atoms with van der Waals surface area (Å²) in [6, 6.07) is 9.32. The first-order valence-electron chi connectivity index (χ1n) is 8.21. The van der Waals surface area contributed by atoms with Crippen molar-refractivity contribution in [1.82, 2.24) is 4.90 Å². The standard InChI is InChI=1S/C18H24ClNO3/c1-2-23-17(21)12-15-9-11-20(13-16(15)8-10-19)18(22)14-6-4-3-5-7-14/h3-7,15-16H,2,8-13H2,1H3. The van der Waals surface area contributed by atoms with Crippen LogP contribution in [0.5, 0.6) is 0 Å². The number of rotatable bonds is 6. The zero-order valence-corrected chi connectivity index (χ0v) is 14.3. The molecule has 1 aromatic rings. The lowest BCUT2D eigenvalue weighted by Crippen LogP contribution is -2.44. The maximum atomic E-state index is 12.6. The van der Waals surface area contributed by atoms with E-state index < -0.39 is 0 Å². The summed E-state index contributed by atoms with van der Waals surface area (Å²) in [6.45, 7) is 3.56. The van der Waals surface area contributed by atoms with E-state index in [0.717, 1.165) is 12.8 Å². The molecule has 0 bridgehead atoms. The van der Waals surface area contributed by atoms with E-state index in [4.69, 9.17) is 16.3 Å². The molecule has 2 unspecified atom stereocenters. The number of amides is 1. The van der Waals surface area contributed by atoms with Gasteiger partial charge >= 0.3 is 5.97 Å². The fraction of sp³-hybridized carbons (Fsp3) is 0.556. The van der Waals surface area contributed by atoms with Crippen molar-refractivity contribution in [3.8, 4) is 0 Å². The molecular formula is C18H24ClNO3. The van der Waals surface area contributed by atoms with Crippen molar-refractivity contribution in [2.24, 2.45) is 11.8 Å². The van der Waals surface area contributed by atoms with Crippen molar-refractivity contribution in [2.45, 2.75) is 26.2 Å². The van der Waals surface area contributed by atoms with Crippen LogP contribution in [-0.2, 0) is 9.53 Å². The number of benzene rings is 1. The molecule has 0 N–H and O–H groups in total. The van der Waals surface area contributed by atoms with Gasteiger partial charge in [0.2, 0.25) is 0 Å². The summed E-state index contributed by atoms with van der Waals surface area (Å²) in [5, 5.41) is 0. The van der Waals surface area contributed by atoms with Gasteiger partial charge in [0.25, 0.3) is 5.91 Å². The summed E-state index contributed by atoms with van der Waals surface area (Å²) >= 11 is 5.92. The molecule has 1 aromatic carbocycles. The number of esters is 1. The quantitative estimate of drug-likeness (QED) is 0.590. The molecule has 126 valence electrons. The lowest BCUT2D eigenvalue weighted by Gasteiger charge is -2.38. The molecule has 1 aliphatic rings. The maximum absolute atomic E-state index is 12.6. The summed E-state index contributed by atoms with van der Waals surface area (Å²) in [5.41, 5.74) is 0.709. The van der Waals surface area contributed by atoms with Crippen LogP contribution < -0.4 is 0 Å². The minimum absolute atomic E-state index is 0.0553. The average molecular weight is 338 g/mol. The number of hydrogen-bond acceptors (Lipinski definition) is 3. The van der Waals surface area contributed by atoms with Gasteiger partial charge in [0, 0.05) is 31.0 Å². The molecule has 1 amide bonds. The molecule has 1 fully saturated rings. The van der Waals surface area contributed by atoms with Crippen LogP contribution in [0.25, 0.3) is 0 Å². The highest BCUT2D eigenvalue weighted by molar-refractivity contribution is 6.17. The van der Waals surface area contributed by atoms with Crippen LogP contribution >= 0.6 is 11.6 Å². The number of halogens is 1. The summed E-state index contributed by atoms with van der Waals surface area (Å²) < 4.78 is 5.06. The van der Waals surface area contributed by atoms with Gasteiger partial charge in [0.15, 0.2) is 0 Å². The Bertz CT molecular complexity index is 520. The molecule has 0 aromatic heterocycles. The van der Waals surface area contributed by atoms with E-state index in [1.807, 2.05) is 42.2 Å². The van der Waals surface area contributed by atoms with E-state index in [1.54, 1.807) is 0 Å². The smallest absolute Gasteiger partial charge is 0.306 e. The zero-order chi connectivity index (χ0) is 16.7. The molecule has 1 saturated heterocycles. The lowest BCUT2D eigenvalue weighted by molar-refractivity contribution is -0.145. The number of ether oxygens (including phenoxy) is 1. The predicted molar refractivity (Wildman–Crippen MR) is 90.5 cm³/mol. The van der Waals surface area contributed by atoms with Gasteiger partial charge in [0.05, 0.1) is 6.61 Å². The van der Waals surface area contributed by atoms with Crippen LogP contribution in [-0.4, -0.2) is 42.4 Å². The van der Waals surface area contributed by atoms with Gasteiger partial charge in [-0.15, -0.1) is 11.6 Å². The monoisotopic (exact) mass is 337 g/mol. The fourth-order valence-corrected chi connectivity index (χ4v) is 3.48. The highest BCUT2D eigenvalue weighted by atomic mass is 35.5. The van der Waals surface area contributed by atoms with Crippen molar-refractivity contribution in [3.05, 3.63) is 35.9 Å². The van der Waals surface area contributed by atoms with Crippen molar-refractivity contribution >= 4 is 23.5 Å². The second-order valence-electron chi connectivity index (χ2n) is 5.91. The van der Waals surface area contributed by atoms with Crippen LogP contribution in [0.2, 0.25) is 0 Å². The van der Waals surface area contributed by atoms with Crippen molar-refractivity contribution in [2.75, 3.05) is 25.6 Å². The van der Waals surface area contributed by atoms with Gasteiger partial charge in [-0.3, -0.25) is 9.59 Å². The number of carbonyl (C=O) groups excluding carboxylic acids is 2. The Balaban J connectivity index is 2.00. The van der Waals surface area contributed by atoms with Gasteiger partial charge in [-0.25, -0.2) is 0 Å². The Morgan fingerprint density at radius 3 is 2.65 bits per heavy atom. The van der Waals surface area contributed by atoms with Gasteiger partial charge in [-0.05, 0) is 43.7 Å². The Morgan fingerprint density at radius 2 is 2.00 bits per heavy atom. The highest BCUT2D eigenvalue weighted by Gasteiger charge is 2.32. The minimum Gasteiger partial charge on any atom is -0.466 e. The maximum Gasteiger partial charge on any atom is 0.306 e. The first kappa shape index (κ1) is 17.8. The van der Waals surface area contributed by atoms with Gasteiger partial charge < -0.3 is 9.64 Å². The summed E-state index contributed by atoms with van der Waals surface area (Å²) in [6.07, 6.45) is 2.05. The summed E-state index contributed by atoms with van der Waals surface area (Å²) in [5.74, 6) is 0.933. The fourth-order valence-electron chi connectivity index (χ4n) is 3.20. The summed E-state index contributed by atoms with van der Waals surface area (Å²) in [7, 11) is 0. The minimum atomic E-state index is -0.153. The van der Waals surface area contributed by atoms with Crippen LogP contribution in [0.3, 0.4) is 0 Å². The lowest BCUT2D eigenvalue weighted by atomic mass is 9.81. The van der Waals surface area contributed by atoms with E-state index in [-0.39, 0.29) is 23.7 Å². The second-order valence-corrected chi connectivity index (χ2v) is 6.29. The number of nitrogens with zero attached hydrogens (tertiary/aromatic N) is 1. The largest absolute Gasteiger partial charge is 0.466 e. The molecule has 0 aliphatic carbocycles. The van der Waals surface area contributed by atoms with Crippen molar-refractivity contribution in [3.63, 3.8) is 0 Å². The van der Waals surface area contributed by atoms with E-state index in [0.29, 0.717) is 37.6 Å². The Morgan fingerprint density at radius 1 is 1.26 bits per heavy atom. The van der Waals surface area contributed by atoms with Crippen molar-refractivity contribution in [1.29, 1.82) is 0 Å². The highest BCUT2D eigenvalue weighted by Crippen LogP contribution is 2.30.